The number of ether oxygens (including phenoxy) is 1. The van der Waals surface area contributed by atoms with Gasteiger partial charge in [-0.2, -0.15) is 0 Å². The number of hydrogen-bond donors (Lipinski definition) is 1. The van der Waals surface area contributed by atoms with E-state index in [1.807, 2.05) is 4.68 Å². The zero-order valence-corrected chi connectivity index (χ0v) is 16.1. The van der Waals surface area contributed by atoms with Crippen molar-refractivity contribution >= 4 is 40.0 Å². The van der Waals surface area contributed by atoms with Crippen LogP contribution in [0.4, 0.5) is 5.00 Å². The van der Waals surface area contributed by atoms with Crippen LogP contribution in [0.5, 0.6) is 0 Å². The number of tetrazole rings is 1. The highest BCUT2D eigenvalue weighted by molar-refractivity contribution is 7.99. The van der Waals surface area contributed by atoms with Gasteiger partial charge in [0.05, 0.1) is 24.0 Å². The third-order valence-corrected chi connectivity index (χ3v) is 5.89. The standard InChI is InChI=1S/C16H21N5O3S2/c1-2-24-15(23)12-8-9-25-14(12)17-13(22)10-26-16-18-19-20-21(16)11-6-4-3-5-7-11/h8-9,11H,2-7,10H2,1H3,(H,17,22). The summed E-state index contributed by atoms with van der Waals surface area (Å²) in [4.78, 5) is 24.1. The van der Waals surface area contributed by atoms with Gasteiger partial charge in [0.15, 0.2) is 0 Å². The Labute approximate surface area is 159 Å². The van der Waals surface area contributed by atoms with Crippen molar-refractivity contribution < 1.29 is 14.3 Å². The van der Waals surface area contributed by atoms with Crippen molar-refractivity contribution in [3.8, 4) is 0 Å². The molecule has 0 saturated heterocycles. The van der Waals surface area contributed by atoms with Crippen molar-refractivity contribution in [3.63, 3.8) is 0 Å². The van der Waals surface area contributed by atoms with Crippen molar-refractivity contribution in [2.75, 3.05) is 17.7 Å². The number of thioether (sulfide) groups is 1. The molecule has 26 heavy (non-hydrogen) atoms. The number of amides is 1. The zero-order valence-electron chi connectivity index (χ0n) is 14.5. The number of anilines is 1. The van der Waals surface area contributed by atoms with Crippen molar-refractivity contribution in [3.05, 3.63) is 17.0 Å². The molecule has 2 aromatic heterocycles. The average molecular weight is 396 g/mol. The van der Waals surface area contributed by atoms with Gasteiger partial charge in [0, 0.05) is 0 Å². The number of thiophene rings is 1. The first-order chi connectivity index (χ1) is 12.7. The molecule has 0 spiro atoms. The molecular weight excluding hydrogens is 374 g/mol. The van der Waals surface area contributed by atoms with Crippen molar-refractivity contribution in [1.82, 2.24) is 20.2 Å². The molecule has 0 radical (unpaired) electrons. The van der Waals surface area contributed by atoms with Gasteiger partial charge in [-0.25, -0.2) is 9.48 Å². The van der Waals surface area contributed by atoms with Gasteiger partial charge in [0.1, 0.15) is 5.00 Å². The molecule has 0 aliphatic heterocycles. The fraction of sp³-hybridized carbons (Fsp3) is 0.562. The summed E-state index contributed by atoms with van der Waals surface area (Å²) < 4.78 is 6.83. The monoisotopic (exact) mass is 395 g/mol. The molecule has 140 valence electrons. The third kappa shape index (κ3) is 4.61. The lowest BCUT2D eigenvalue weighted by molar-refractivity contribution is -0.113. The first kappa shape index (κ1) is 18.8. The van der Waals surface area contributed by atoms with Crippen LogP contribution in [0.15, 0.2) is 16.6 Å². The van der Waals surface area contributed by atoms with Crippen molar-refractivity contribution in [1.29, 1.82) is 0 Å². The van der Waals surface area contributed by atoms with E-state index >= 15 is 0 Å². The molecule has 1 aliphatic carbocycles. The number of carbonyl (C=O) groups is 2. The third-order valence-electron chi connectivity index (χ3n) is 4.13. The summed E-state index contributed by atoms with van der Waals surface area (Å²) in [5, 5.41) is 17.6. The van der Waals surface area contributed by atoms with Gasteiger partial charge in [-0.1, -0.05) is 31.0 Å². The van der Waals surface area contributed by atoms with E-state index in [9.17, 15) is 9.59 Å². The maximum absolute atomic E-state index is 12.3. The summed E-state index contributed by atoms with van der Waals surface area (Å²) in [6, 6.07) is 1.96. The Hall–Kier alpha value is -1.94. The van der Waals surface area contributed by atoms with Crippen LogP contribution in [-0.4, -0.2) is 44.4 Å². The summed E-state index contributed by atoms with van der Waals surface area (Å²) in [5.74, 6) is -0.466. The molecule has 2 heterocycles. The van der Waals surface area contributed by atoms with Crippen LogP contribution in [-0.2, 0) is 9.53 Å². The Balaban J connectivity index is 1.56. The number of nitrogens with zero attached hydrogens (tertiary/aromatic N) is 4. The topological polar surface area (TPSA) is 99.0 Å². The minimum Gasteiger partial charge on any atom is -0.462 e. The Morgan fingerprint density at radius 2 is 2.19 bits per heavy atom. The molecule has 1 amide bonds. The highest BCUT2D eigenvalue weighted by atomic mass is 32.2. The van der Waals surface area contributed by atoms with Crippen LogP contribution in [0.2, 0.25) is 0 Å². The molecule has 0 atom stereocenters. The number of carbonyl (C=O) groups excluding carboxylic acids is 2. The van der Waals surface area contributed by atoms with Crippen LogP contribution in [0.3, 0.4) is 0 Å². The van der Waals surface area contributed by atoms with Crippen molar-refractivity contribution in [2.45, 2.75) is 50.2 Å². The highest BCUT2D eigenvalue weighted by Gasteiger charge is 2.21. The van der Waals surface area contributed by atoms with Gasteiger partial charge in [-0.05, 0) is 41.6 Å². The SMILES string of the molecule is CCOC(=O)c1ccsc1NC(=O)CSc1nnnn1C1CCCCC1. The van der Waals surface area contributed by atoms with E-state index in [1.165, 1.54) is 42.4 Å². The maximum atomic E-state index is 12.3. The van der Waals surface area contributed by atoms with Crippen LogP contribution in [0.25, 0.3) is 0 Å². The minimum absolute atomic E-state index is 0.174. The molecular formula is C16H21N5O3S2. The number of hydrogen-bond acceptors (Lipinski definition) is 8. The number of rotatable bonds is 7. The van der Waals surface area contributed by atoms with Gasteiger partial charge < -0.3 is 10.1 Å². The smallest absolute Gasteiger partial charge is 0.341 e. The molecule has 1 N–H and O–H groups in total. The van der Waals surface area contributed by atoms with Gasteiger partial charge in [-0.3, -0.25) is 4.79 Å². The Morgan fingerprint density at radius 1 is 1.38 bits per heavy atom. The van der Waals surface area contributed by atoms with E-state index in [1.54, 1.807) is 18.4 Å². The fourth-order valence-corrected chi connectivity index (χ4v) is 4.44. The molecule has 10 heteroatoms. The lowest BCUT2D eigenvalue weighted by Crippen LogP contribution is -2.18. The first-order valence-electron chi connectivity index (χ1n) is 8.64. The predicted molar refractivity (Wildman–Crippen MR) is 99.6 cm³/mol. The molecule has 3 rings (SSSR count). The van der Waals surface area contributed by atoms with Crippen molar-refractivity contribution in [2.24, 2.45) is 0 Å². The second kappa shape index (κ2) is 9.13. The number of aromatic nitrogens is 4. The van der Waals surface area contributed by atoms with E-state index in [0.29, 0.717) is 28.4 Å². The van der Waals surface area contributed by atoms with E-state index in [0.717, 1.165) is 12.8 Å². The Morgan fingerprint density at radius 3 is 2.96 bits per heavy atom. The van der Waals surface area contributed by atoms with Gasteiger partial charge >= 0.3 is 5.97 Å². The fourth-order valence-electron chi connectivity index (χ4n) is 2.90. The lowest BCUT2D eigenvalue weighted by Gasteiger charge is -2.21. The maximum Gasteiger partial charge on any atom is 0.341 e. The Kier molecular flexibility index (Phi) is 6.62. The van der Waals surface area contributed by atoms with E-state index in [2.05, 4.69) is 20.8 Å². The summed E-state index contributed by atoms with van der Waals surface area (Å²) in [6.45, 7) is 2.04. The van der Waals surface area contributed by atoms with Crippen LogP contribution in [0, 0.1) is 0 Å². The molecule has 2 aromatic rings. The Bertz CT molecular complexity index is 755. The summed E-state index contributed by atoms with van der Waals surface area (Å²) in [6.07, 6.45) is 5.77. The van der Waals surface area contributed by atoms with Gasteiger partial charge in [-0.15, -0.1) is 16.4 Å². The average Bonchev–Trinajstić information content (AvgIpc) is 3.30. The quantitative estimate of drug-likeness (QED) is 0.568. The van der Waals surface area contributed by atoms with Crippen LogP contribution in [0.1, 0.15) is 55.4 Å². The molecule has 8 nitrogen and oxygen atoms in total. The second-order valence-electron chi connectivity index (χ2n) is 5.92. The number of nitrogens with one attached hydrogen (secondary N) is 1. The first-order valence-corrected chi connectivity index (χ1v) is 10.5. The zero-order chi connectivity index (χ0) is 18.4. The second-order valence-corrected chi connectivity index (χ2v) is 7.78. The van der Waals surface area contributed by atoms with E-state index < -0.39 is 5.97 Å². The molecule has 1 saturated carbocycles. The minimum atomic E-state index is -0.432. The van der Waals surface area contributed by atoms with Gasteiger partial charge in [0.2, 0.25) is 11.1 Å². The van der Waals surface area contributed by atoms with Gasteiger partial charge in [0.25, 0.3) is 0 Å². The molecule has 0 bridgehead atoms. The summed E-state index contributed by atoms with van der Waals surface area (Å²) in [5.41, 5.74) is 0.377. The summed E-state index contributed by atoms with van der Waals surface area (Å²) in [7, 11) is 0. The predicted octanol–water partition coefficient (Wildman–Crippen LogP) is 3.15. The van der Waals surface area contributed by atoms with Crippen LogP contribution < -0.4 is 5.32 Å². The van der Waals surface area contributed by atoms with Crippen LogP contribution >= 0.6 is 23.1 Å². The largest absolute Gasteiger partial charge is 0.462 e. The summed E-state index contributed by atoms with van der Waals surface area (Å²) >= 11 is 2.60. The molecule has 0 aromatic carbocycles. The lowest BCUT2D eigenvalue weighted by atomic mass is 9.96. The van der Waals surface area contributed by atoms with E-state index in [4.69, 9.17) is 4.74 Å². The highest BCUT2D eigenvalue weighted by Crippen LogP contribution is 2.30. The number of esters is 1. The normalized spacial score (nSPS) is 15.0. The molecule has 1 fully saturated rings. The van der Waals surface area contributed by atoms with E-state index in [-0.39, 0.29) is 11.7 Å². The molecule has 1 aliphatic rings. The molecule has 0 unspecified atom stereocenters.